The van der Waals surface area contributed by atoms with Gasteiger partial charge in [0.15, 0.2) is 0 Å². The van der Waals surface area contributed by atoms with Gasteiger partial charge in [0.25, 0.3) is 0 Å². The van der Waals surface area contributed by atoms with Crippen molar-refractivity contribution in [1.29, 1.82) is 0 Å². The second-order valence-electron chi connectivity index (χ2n) is 4.35. The first-order valence-electron chi connectivity index (χ1n) is 6.13. The second-order valence-corrected chi connectivity index (χ2v) is 4.35. The van der Waals surface area contributed by atoms with Crippen molar-refractivity contribution in [2.24, 2.45) is 0 Å². The first-order chi connectivity index (χ1) is 8.76. The third-order valence-corrected chi connectivity index (χ3v) is 3.24. The van der Waals surface area contributed by atoms with Crippen LogP contribution in [0.25, 0.3) is 10.8 Å². The van der Waals surface area contributed by atoms with Gasteiger partial charge in [-0.15, -0.1) is 0 Å². The van der Waals surface area contributed by atoms with Crippen LogP contribution in [0.4, 0.5) is 0 Å². The normalized spacial score (nSPS) is 12.6. The summed E-state index contributed by atoms with van der Waals surface area (Å²) >= 11 is 0. The molecule has 0 saturated carbocycles. The SMILES string of the molecule is [CH]CC(=O)C(Cc1cccc2ccccc12)NC. The van der Waals surface area contributed by atoms with Crippen molar-refractivity contribution in [2.75, 3.05) is 7.05 Å². The van der Waals surface area contributed by atoms with Crippen molar-refractivity contribution in [1.82, 2.24) is 5.32 Å². The lowest BCUT2D eigenvalue weighted by Gasteiger charge is -2.15. The number of rotatable bonds is 5. The van der Waals surface area contributed by atoms with Crippen LogP contribution in [-0.4, -0.2) is 18.9 Å². The fraction of sp³-hybridized carbons (Fsp3) is 0.250. The molecule has 0 heterocycles. The van der Waals surface area contributed by atoms with Crippen LogP contribution in [0, 0.1) is 6.92 Å². The number of carbonyl (C=O) groups is 1. The molecule has 2 rings (SSSR count). The van der Waals surface area contributed by atoms with Gasteiger partial charge in [-0.05, 0) is 36.7 Å². The minimum atomic E-state index is -0.208. The maximum absolute atomic E-state index is 11.7. The molecule has 0 saturated heterocycles. The summed E-state index contributed by atoms with van der Waals surface area (Å²) in [5, 5.41) is 5.43. The molecule has 2 heteroatoms. The molecular weight excluding hydrogens is 222 g/mol. The summed E-state index contributed by atoms with van der Waals surface area (Å²) in [6.07, 6.45) is 0.754. The van der Waals surface area contributed by atoms with E-state index in [1.54, 1.807) is 7.05 Å². The molecule has 0 bridgehead atoms. The van der Waals surface area contributed by atoms with E-state index in [0.717, 1.165) is 0 Å². The highest BCUT2D eigenvalue weighted by atomic mass is 16.1. The van der Waals surface area contributed by atoms with E-state index in [2.05, 4.69) is 29.6 Å². The molecule has 2 radical (unpaired) electrons. The minimum Gasteiger partial charge on any atom is -0.310 e. The van der Waals surface area contributed by atoms with Crippen molar-refractivity contribution >= 4 is 16.6 Å². The second kappa shape index (κ2) is 5.78. The number of hydrogen-bond donors (Lipinski definition) is 1. The molecule has 1 N–H and O–H groups in total. The van der Waals surface area contributed by atoms with Crippen LogP contribution in [0.2, 0.25) is 0 Å². The van der Waals surface area contributed by atoms with E-state index in [1.165, 1.54) is 16.3 Å². The first-order valence-corrected chi connectivity index (χ1v) is 6.13. The van der Waals surface area contributed by atoms with Crippen LogP contribution < -0.4 is 5.32 Å². The zero-order valence-corrected chi connectivity index (χ0v) is 10.5. The standard InChI is InChI=1S/C16H17NO/c1-3-16(18)15(17-2)11-13-9-6-8-12-7-4-5-10-14(12)13/h1,4-10,15,17H,3,11H2,2H3. The molecule has 0 fully saturated rings. The summed E-state index contributed by atoms with van der Waals surface area (Å²) in [5.41, 5.74) is 1.18. The van der Waals surface area contributed by atoms with E-state index in [1.807, 2.05) is 18.2 Å². The monoisotopic (exact) mass is 239 g/mol. The van der Waals surface area contributed by atoms with Gasteiger partial charge in [0.1, 0.15) is 5.78 Å². The summed E-state index contributed by atoms with van der Waals surface area (Å²) in [5.74, 6) is 0.0467. The summed E-state index contributed by atoms with van der Waals surface area (Å²) in [7, 11) is 1.79. The molecule has 92 valence electrons. The van der Waals surface area contributed by atoms with Crippen molar-refractivity contribution in [3.63, 3.8) is 0 Å². The Balaban J connectivity index is 2.33. The Morgan fingerprint density at radius 2 is 1.94 bits per heavy atom. The van der Waals surface area contributed by atoms with Gasteiger partial charge < -0.3 is 5.32 Å². The fourth-order valence-electron chi connectivity index (χ4n) is 2.21. The lowest BCUT2D eigenvalue weighted by molar-refractivity contribution is -0.120. The van der Waals surface area contributed by atoms with E-state index in [0.29, 0.717) is 6.42 Å². The highest BCUT2D eigenvalue weighted by Crippen LogP contribution is 2.20. The maximum atomic E-state index is 11.7. The molecule has 1 unspecified atom stereocenters. The predicted octanol–water partition coefficient (Wildman–Crippen LogP) is 2.64. The van der Waals surface area contributed by atoms with Gasteiger partial charge in [-0.1, -0.05) is 42.5 Å². The third-order valence-electron chi connectivity index (χ3n) is 3.24. The zero-order valence-electron chi connectivity index (χ0n) is 10.5. The van der Waals surface area contributed by atoms with Gasteiger partial charge in [-0.2, -0.15) is 0 Å². The van der Waals surface area contributed by atoms with E-state index >= 15 is 0 Å². The Hall–Kier alpha value is -1.67. The molecule has 0 aliphatic rings. The molecule has 2 nitrogen and oxygen atoms in total. The lowest BCUT2D eigenvalue weighted by Crippen LogP contribution is -2.35. The van der Waals surface area contributed by atoms with Crippen molar-refractivity contribution in [2.45, 2.75) is 18.9 Å². The van der Waals surface area contributed by atoms with E-state index in [9.17, 15) is 4.79 Å². The summed E-state index contributed by atoms with van der Waals surface area (Å²) < 4.78 is 0. The Labute approximate surface area is 108 Å². The van der Waals surface area contributed by atoms with Crippen molar-refractivity contribution in [3.8, 4) is 0 Å². The summed E-state index contributed by atoms with van der Waals surface area (Å²) in [6, 6.07) is 14.2. The van der Waals surface area contributed by atoms with Crippen molar-refractivity contribution < 1.29 is 4.79 Å². The van der Waals surface area contributed by atoms with E-state index in [4.69, 9.17) is 6.92 Å². The van der Waals surface area contributed by atoms with Gasteiger partial charge in [-0.25, -0.2) is 0 Å². The van der Waals surface area contributed by atoms with Crippen LogP contribution in [0.5, 0.6) is 0 Å². The first kappa shape index (κ1) is 12.8. The molecule has 18 heavy (non-hydrogen) atoms. The van der Waals surface area contributed by atoms with E-state index < -0.39 is 0 Å². The van der Waals surface area contributed by atoms with Crippen LogP contribution >= 0.6 is 0 Å². The number of nitrogens with one attached hydrogen (secondary N) is 1. The quantitative estimate of drug-likeness (QED) is 0.869. The number of carbonyl (C=O) groups excluding carboxylic acids is 1. The number of hydrogen-bond acceptors (Lipinski definition) is 2. The lowest BCUT2D eigenvalue weighted by atomic mass is 9.96. The highest BCUT2D eigenvalue weighted by Gasteiger charge is 2.15. The van der Waals surface area contributed by atoms with Gasteiger partial charge in [0, 0.05) is 6.42 Å². The molecule has 2 aromatic carbocycles. The molecular formula is C16H17NO. The third kappa shape index (κ3) is 2.59. The van der Waals surface area contributed by atoms with Gasteiger partial charge in [0.05, 0.1) is 6.04 Å². The number of fused-ring (bicyclic) bond motifs is 1. The van der Waals surface area contributed by atoms with Gasteiger partial charge in [0.2, 0.25) is 0 Å². The topological polar surface area (TPSA) is 29.1 Å². The molecule has 0 spiro atoms. The Morgan fingerprint density at radius 3 is 2.67 bits per heavy atom. The summed E-state index contributed by atoms with van der Waals surface area (Å²) in [4.78, 5) is 11.7. The average Bonchev–Trinajstić information content (AvgIpc) is 2.44. The predicted molar refractivity (Wildman–Crippen MR) is 74.4 cm³/mol. The minimum absolute atomic E-state index is 0.0467. The molecule has 1 atom stereocenters. The maximum Gasteiger partial charge on any atom is 0.150 e. The number of Topliss-reactive ketones (excluding diaryl/α,β-unsaturated/α-hetero) is 1. The number of benzene rings is 2. The van der Waals surface area contributed by atoms with Crippen LogP contribution in [0.3, 0.4) is 0 Å². The smallest absolute Gasteiger partial charge is 0.150 e. The largest absolute Gasteiger partial charge is 0.310 e. The number of ketones is 1. The Morgan fingerprint density at radius 1 is 1.22 bits per heavy atom. The molecule has 2 aromatic rings. The summed E-state index contributed by atoms with van der Waals surface area (Å²) in [6.45, 7) is 5.43. The molecule has 0 aromatic heterocycles. The number of likely N-dealkylation sites (N-methyl/N-ethyl adjacent to an activating group) is 1. The van der Waals surface area contributed by atoms with E-state index in [-0.39, 0.29) is 18.2 Å². The van der Waals surface area contributed by atoms with Gasteiger partial charge >= 0.3 is 0 Å². The Kier molecular flexibility index (Phi) is 4.11. The van der Waals surface area contributed by atoms with Crippen LogP contribution in [0.1, 0.15) is 12.0 Å². The van der Waals surface area contributed by atoms with Crippen LogP contribution in [-0.2, 0) is 11.2 Å². The van der Waals surface area contributed by atoms with Gasteiger partial charge in [-0.3, -0.25) is 4.79 Å². The molecule has 0 amide bonds. The molecule has 0 aliphatic carbocycles. The van der Waals surface area contributed by atoms with Crippen LogP contribution in [0.15, 0.2) is 42.5 Å². The Bertz CT molecular complexity index is 542. The average molecular weight is 239 g/mol. The highest BCUT2D eigenvalue weighted by molar-refractivity contribution is 5.88. The fourth-order valence-corrected chi connectivity index (χ4v) is 2.21. The molecule has 0 aliphatic heterocycles. The zero-order chi connectivity index (χ0) is 13.0. The van der Waals surface area contributed by atoms with Crippen molar-refractivity contribution in [3.05, 3.63) is 55.0 Å².